The smallest absolute Gasteiger partial charge is 0.253 e. The minimum Gasteiger partial charge on any atom is -0.380 e. The van der Waals surface area contributed by atoms with Crippen LogP contribution in [0.4, 0.5) is 21.5 Å². The van der Waals surface area contributed by atoms with Gasteiger partial charge in [-0.2, -0.15) is 0 Å². The van der Waals surface area contributed by atoms with E-state index in [0.29, 0.717) is 41.9 Å². The number of rotatable bonds is 5. The molecule has 2 aliphatic heterocycles. The van der Waals surface area contributed by atoms with E-state index in [0.717, 1.165) is 5.69 Å². The van der Waals surface area contributed by atoms with Gasteiger partial charge in [-0.05, 0) is 54.7 Å². The summed E-state index contributed by atoms with van der Waals surface area (Å²) in [5, 5.41) is 6.70. The molecule has 2 atom stereocenters. The van der Waals surface area contributed by atoms with Gasteiger partial charge in [0, 0.05) is 43.0 Å². The molecule has 2 aromatic rings. The van der Waals surface area contributed by atoms with Crippen LogP contribution in [-0.4, -0.2) is 67.4 Å². The number of hydrogen-bond donors (Lipinski definition) is 2. The number of thiocarbonyl (C=S) groups is 1. The van der Waals surface area contributed by atoms with Crippen LogP contribution in [0.1, 0.15) is 6.42 Å². The molecule has 0 bridgehead atoms. The summed E-state index contributed by atoms with van der Waals surface area (Å²) in [4.78, 5) is 28.3. The number of nitrogens with one attached hydrogen (secondary N) is 2. The Labute approximate surface area is 206 Å². The SMILES string of the molecule is CO[C@@H]1C[C@H](C(=O)Nc2ccc(N3CCOCC3=O)cc2F)N(C(=S)Nc2ccc(Cl)cc2)C1. The highest BCUT2D eigenvalue weighted by molar-refractivity contribution is 7.80. The second kappa shape index (κ2) is 10.6. The zero-order chi connectivity index (χ0) is 24.2. The number of hydrogen-bond acceptors (Lipinski definition) is 5. The Morgan fingerprint density at radius 1 is 1.24 bits per heavy atom. The second-order valence-corrected chi connectivity index (χ2v) is 8.77. The van der Waals surface area contributed by atoms with Gasteiger partial charge < -0.3 is 29.9 Å². The van der Waals surface area contributed by atoms with Crippen molar-refractivity contribution < 1.29 is 23.5 Å². The number of ether oxygens (including phenoxy) is 2. The molecule has 34 heavy (non-hydrogen) atoms. The van der Waals surface area contributed by atoms with Crippen LogP contribution in [0.3, 0.4) is 0 Å². The standard InChI is InChI=1S/C23H24ClFN4O4S/c1-32-17-11-20(29(12-17)23(34)26-15-4-2-14(24)3-5-15)22(31)27-19-7-6-16(10-18(19)25)28-8-9-33-13-21(28)30/h2-7,10,17,20H,8-9,11-13H2,1H3,(H,26,34)(H,27,31)/t17-,20-/m1/s1. The summed E-state index contributed by atoms with van der Waals surface area (Å²) in [5.74, 6) is -1.29. The fourth-order valence-corrected chi connectivity index (χ4v) is 4.40. The monoisotopic (exact) mass is 506 g/mol. The Kier molecular flexibility index (Phi) is 7.62. The Bertz CT molecular complexity index is 1090. The molecule has 2 fully saturated rings. The third-order valence-corrected chi connectivity index (χ3v) is 6.35. The lowest BCUT2D eigenvalue weighted by Gasteiger charge is -2.28. The summed E-state index contributed by atoms with van der Waals surface area (Å²) in [6.45, 7) is 1.10. The largest absolute Gasteiger partial charge is 0.380 e. The first kappa shape index (κ1) is 24.3. The third-order valence-electron chi connectivity index (χ3n) is 5.76. The fourth-order valence-electron chi connectivity index (χ4n) is 3.95. The summed E-state index contributed by atoms with van der Waals surface area (Å²) in [7, 11) is 1.57. The zero-order valence-electron chi connectivity index (χ0n) is 18.4. The predicted molar refractivity (Wildman–Crippen MR) is 132 cm³/mol. The molecule has 0 aromatic heterocycles. The van der Waals surface area contributed by atoms with Crippen molar-refractivity contribution >= 4 is 57.8 Å². The molecule has 180 valence electrons. The maximum absolute atomic E-state index is 14.8. The van der Waals surface area contributed by atoms with Crippen LogP contribution in [0, 0.1) is 5.82 Å². The van der Waals surface area contributed by atoms with Gasteiger partial charge in [-0.25, -0.2) is 4.39 Å². The maximum atomic E-state index is 14.8. The second-order valence-electron chi connectivity index (χ2n) is 7.95. The fraction of sp³-hybridized carbons (Fsp3) is 0.348. The number of anilines is 3. The van der Waals surface area contributed by atoms with Gasteiger partial charge in [-0.1, -0.05) is 11.6 Å². The van der Waals surface area contributed by atoms with Gasteiger partial charge in [0.1, 0.15) is 18.5 Å². The average molecular weight is 507 g/mol. The minimum absolute atomic E-state index is 0.0202. The van der Waals surface area contributed by atoms with E-state index in [1.807, 2.05) is 0 Å². The summed E-state index contributed by atoms with van der Waals surface area (Å²) in [6.07, 6.45) is 0.188. The van der Waals surface area contributed by atoms with E-state index in [9.17, 15) is 14.0 Å². The Morgan fingerprint density at radius 2 is 2.00 bits per heavy atom. The first-order chi connectivity index (χ1) is 16.4. The molecule has 2 saturated heterocycles. The zero-order valence-corrected chi connectivity index (χ0v) is 20.0. The van der Waals surface area contributed by atoms with Gasteiger partial charge in [0.05, 0.1) is 18.4 Å². The van der Waals surface area contributed by atoms with E-state index in [-0.39, 0.29) is 24.3 Å². The van der Waals surface area contributed by atoms with Crippen LogP contribution < -0.4 is 15.5 Å². The molecular weight excluding hydrogens is 483 g/mol. The number of carbonyl (C=O) groups excluding carboxylic acids is 2. The molecule has 0 unspecified atom stereocenters. The first-order valence-electron chi connectivity index (χ1n) is 10.7. The van der Waals surface area contributed by atoms with E-state index >= 15 is 0 Å². The molecule has 2 heterocycles. The third kappa shape index (κ3) is 5.47. The lowest BCUT2D eigenvalue weighted by Crippen LogP contribution is -2.45. The van der Waals surface area contributed by atoms with Crippen LogP contribution in [0.2, 0.25) is 5.02 Å². The number of halogens is 2. The number of likely N-dealkylation sites (tertiary alicyclic amines) is 1. The molecule has 8 nitrogen and oxygen atoms in total. The van der Waals surface area contributed by atoms with E-state index in [4.69, 9.17) is 33.3 Å². The van der Waals surface area contributed by atoms with Crippen molar-refractivity contribution in [2.24, 2.45) is 0 Å². The van der Waals surface area contributed by atoms with Crippen molar-refractivity contribution in [2.75, 3.05) is 48.9 Å². The highest BCUT2D eigenvalue weighted by atomic mass is 35.5. The van der Waals surface area contributed by atoms with Crippen molar-refractivity contribution in [1.82, 2.24) is 4.90 Å². The number of methoxy groups -OCH3 is 1. The highest BCUT2D eigenvalue weighted by Crippen LogP contribution is 2.26. The van der Waals surface area contributed by atoms with Crippen molar-refractivity contribution in [3.63, 3.8) is 0 Å². The van der Waals surface area contributed by atoms with E-state index in [1.54, 1.807) is 42.3 Å². The van der Waals surface area contributed by atoms with Crippen LogP contribution in [0.25, 0.3) is 0 Å². The van der Waals surface area contributed by atoms with E-state index in [2.05, 4.69) is 10.6 Å². The number of carbonyl (C=O) groups is 2. The summed E-state index contributed by atoms with van der Waals surface area (Å²) in [6, 6.07) is 10.6. The molecular formula is C23H24ClFN4O4S. The van der Waals surface area contributed by atoms with Crippen molar-refractivity contribution in [3.8, 4) is 0 Å². The average Bonchev–Trinajstić information content (AvgIpc) is 3.27. The van der Waals surface area contributed by atoms with Crippen LogP contribution in [-0.2, 0) is 19.1 Å². The van der Waals surface area contributed by atoms with Crippen LogP contribution in [0.15, 0.2) is 42.5 Å². The highest BCUT2D eigenvalue weighted by Gasteiger charge is 2.38. The van der Waals surface area contributed by atoms with Gasteiger partial charge >= 0.3 is 0 Å². The first-order valence-corrected chi connectivity index (χ1v) is 11.5. The number of benzene rings is 2. The summed E-state index contributed by atoms with van der Waals surface area (Å²) in [5.41, 5.74) is 1.17. The number of amides is 2. The van der Waals surface area contributed by atoms with Crippen molar-refractivity contribution in [3.05, 3.63) is 53.3 Å². The normalized spacial score (nSPS) is 20.4. The van der Waals surface area contributed by atoms with Crippen LogP contribution in [0.5, 0.6) is 0 Å². The molecule has 4 rings (SSSR count). The van der Waals surface area contributed by atoms with Gasteiger partial charge in [-0.15, -0.1) is 0 Å². The van der Waals surface area contributed by atoms with Gasteiger partial charge in [0.2, 0.25) is 5.91 Å². The molecule has 2 aliphatic rings. The maximum Gasteiger partial charge on any atom is 0.253 e. The molecule has 0 aliphatic carbocycles. The van der Waals surface area contributed by atoms with Gasteiger partial charge in [0.15, 0.2) is 5.11 Å². The Balaban J connectivity index is 1.46. The molecule has 2 amide bonds. The molecule has 11 heteroatoms. The number of morpholine rings is 1. The Morgan fingerprint density at radius 3 is 2.68 bits per heavy atom. The molecule has 0 saturated carbocycles. The summed E-state index contributed by atoms with van der Waals surface area (Å²) >= 11 is 11.5. The Hall–Kier alpha value is -2.79. The molecule has 2 N–H and O–H groups in total. The van der Waals surface area contributed by atoms with Crippen molar-refractivity contribution in [2.45, 2.75) is 18.6 Å². The lowest BCUT2D eigenvalue weighted by atomic mass is 10.1. The lowest BCUT2D eigenvalue weighted by molar-refractivity contribution is -0.125. The van der Waals surface area contributed by atoms with Crippen LogP contribution >= 0.6 is 23.8 Å². The van der Waals surface area contributed by atoms with E-state index < -0.39 is 17.8 Å². The molecule has 0 spiro atoms. The molecule has 0 radical (unpaired) electrons. The van der Waals surface area contributed by atoms with E-state index in [1.165, 1.54) is 17.0 Å². The quantitative estimate of drug-likeness (QED) is 0.602. The molecule has 2 aromatic carbocycles. The minimum atomic E-state index is -0.655. The topological polar surface area (TPSA) is 83.1 Å². The predicted octanol–water partition coefficient (Wildman–Crippen LogP) is 3.27. The van der Waals surface area contributed by atoms with Crippen molar-refractivity contribution in [1.29, 1.82) is 0 Å². The van der Waals surface area contributed by atoms with Gasteiger partial charge in [-0.3, -0.25) is 9.59 Å². The summed E-state index contributed by atoms with van der Waals surface area (Å²) < 4.78 is 25.4. The number of nitrogens with zero attached hydrogens (tertiary/aromatic N) is 2. The van der Waals surface area contributed by atoms with Gasteiger partial charge in [0.25, 0.3) is 5.91 Å².